The topological polar surface area (TPSA) is 59.2 Å². The van der Waals surface area contributed by atoms with Crippen LogP contribution in [-0.2, 0) is 0 Å². The van der Waals surface area contributed by atoms with Crippen molar-refractivity contribution in [2.24, 2.45) is 0 Å². The normalized spacial score (nSPS) is 10.8. The van der Waals surface area contributed by atoms with Crippen molar-refractivity contribution < 1.29 is 9.18 Å². The summed E-state index contributed by atoms with van der Waals surface area (Å²) in [5.41, 5.74) is 7.16. The van der Waals surface area contributed by atoms with Crippen LogP contribution in [0.3, 0.4) is 0 Å². The SMILES string of the molecule is CN(C(=O)c1sc2cccnc2c1N)c1ccccc1F. The highest BCUT2D eigenvalue weighted by Crippen LogP contribution is 2.33. The van der Waals surface area contributed by atoms with E-state index in [9.17, 15) is 9.18 Å². The van der Waals surface area contributed by atoms with Gasteiger partial charge in [0.2, 0.25) is 0 Å². The molecule has 0 saturated carbocycles. The van der Waals surface area contributed by atoms with Crippen molar-refractivity contribution in [3.8, 4) is 0 Å². The summed E-state index contributed by atoms with van der Waals surface area (Å²) in [7, 11) is 1.53. The number of aromatic nitrogens is 1. The number of hydrogen-bond acceptors (Lipinski definition) is 4. The van der Waals surface area contributed by atoms with Gasteiger partial charge in [-0.3, -0.25) is 9.78 Å². The zero-order chi connectivity index (χ0) is 15.0. The first-order valence-electron chi connectivity index (χ1n) is 6.25. The van der Waals surface area contributed by atoms with Crippen LogP contribution in [0.25, 0.3) is 10.2 Å². The Balaban J connectivity index is 2.04. The summed E-state index contributed by atoms with van der Waals surface area (Å²) in [4.78, 5) is 18.4. The van der Waals surface area contributed by atoms with Gasteiger partial charge in [0.1, 0.15) is 16.2 Å². The number of hydrogen-bond donors (Lipinski definition) is 1. The van der Waals surface area contributed by atoms with Crippen molar-refractivity contribution in [3.63, 3.8) is 0 Å². The molecule has 3 aromatic rings. The zero-order valence-electron chi connectivity index (χ0n) is 11.2. The number of halogens is 1. The van der Waals surface area contributed by atoms with Crippen molar-refractivity contribution >= 4 is 38.8 Å². The average molecular weight is 301 g/mol. The molecule has 0 aliphatic heterocycles. The van der Waals surface area contributed by atoms with Gasteiger partial charge in [0.05, 0.1) is 16.1 Å². The number of anilines is 2. The number of pyridine rings is 1. The first-order chi connectivity index (χ1) is 10.1. The molecule has 4 nitrogen and oxygen atoms in total. The highest BCUT2D eigenvalue weighted by Gasteiger charge is 2.22. The Bertz CT molecular complexity index is 831. The van der Waals surface area contributed by atoms with Gasteiger partial charge >= 0.3 is 0 Å². The molecule has 3 rings (SSSR count). The quantitative estimate of drug-likeness (QED) is 0.790. The van der Waals surface area contributed by atoms with E-state index >= 15 is 0 Å². The molecule has 0 aliphatic carbocycles. The Hall–Kier alpha value is -2.47. The maximum absolute atomic E-state index is 13.8. The lowest BCUT2D eigenvalue weighted by Crippen LogP contribution is -2.26. The zero-order valence-corrected chi connectivity index (χ0v) is 12.0. The molecule has 0 radical (unpaired) electrons. The largest absolute Gasteiger partial charge is 0.396 e. The number of para-hydroxylation sites is 1. The van der Waals surface area contributed by atoms with Gasteiger partial charge in [-0.1, -0.05) is 12.1 Å². The summed E-state index contributed by atoms with van der Waals surface area (Å²) in [6.07, 6.45) is 1.63. The molecule has 0 unspecified atom stereocenters. The lowest BCUT2D eigenvalue weighted by atomic mass is 10.2. The van der Waals surface area contributed by atoms with Crippen molar-refractivity contribution in [3.05, 3.63) is 53.3 Å². The average Bonchev–Trinajstić information content (AvgIpc) is 2.84. The number of nitrogen functional groups attached to an aromatic ring is 1. The summed E-state index contributed by atoms with van der Waals surface area (Å²) >= 11 is 1.26. The summed E-state index contributed by atoms with van der Waals surface area (Å²) in [5.74, 6) is -0.799. The number of nitrogens with two attached hydrogens (primary N) is 1. The molecule has 1 amide bonds. The summed E-state index contributed by atoms with van der Waals surface area (Å²) in [5, 5.41) is 0. The van der Waals surface area contributed by atoms with E-state index in [1.807, 2.05) is 6.07 Å². The third-order valence-electron chi connectivity index (χ3n) is 3.20. The number of amides is 1. The minimum absolute atomic E-state index is 0.215. The van der Waals surface area contributed by atoms with Gasteiger partial charge in [0.15, 0.2) is 0 Å². The first-order valence-corrected chi connectivity index (χ1v) is 7.07. The third-order valence-corrected chi connectivity index (χ3v) is 4.34. The van der Waals surface area contributed by atoms with Crippen LogP contribution in [0, 0.1) is 5.82 Å². The van der Waals surface area contributed by atoms with Crippen LogP contribution in [0.4, 0.5) is 15.8 Å². The predicted molar refractivity (Wildman–Crippen MR) is 83.2 cm³/mol. The molecule has 0 bridgehead atoms. The number of benzene rings is 1. The van der Waals surface area contributed by atoms with Crippen molar-refractivity contribution in [1.29, 1.82) is 0 Å². The van der Waals surface area contributed by atoms with Crippen LogP contribution < -0.4 is 10.6 Å². The van der Waals surface area contributed by atoms with E-state index in [0.29, 0.717) is 16.1 Å². The van der Waals surface area contributed by atoms with E-state index in [2.05, 4.69) is 4.98 Å². The minimum atomic E-state index is -0.453. The highest BCUT2D eigenvalue weighted by molar-refractivity contribution is 7.21. The second kappa shape index (κ2) is 5.14. The number of rotatable bonds is 2. The highest BCUT2D eigenvalue weighted by atomic mass is 32.1. The molecule has 6 heteroatoms. The predicted octanol–water partition coefficient (Wildman–Crippen LogP) is 3.29. The summed E-state index contributed by atoms with van der Waals surface area (Å²) in [6, 6.07) is 9.76. The van der Waals surface area contributed by atoms with Gasteiger partial charge in [-0.2, -0.15) is 0 Å². The minimum Gasteiger partial charge on any atom is -0.396 e. The molecule has 0 spiro atoms. The Morgan fingerprint density at radius 1 is 1.29 bits per heavy atom. The fraction of sp³-hybridized carbons (Fsp3) is 0.0667. The van der Waals surface area contributed by atoms with Crippen LogP contribution in [0.1, 0.15) is 9.67 Å². The van der Waals surface area contributed by atoms with Crippen LogP contribution in [0.2, 0.25) is 0 Å². The molecule has 1 aromatic carbocycles. The monoisotopic (exact) mass is 301 g/mol. The molecular weight excluding hydrogens is 289 g/mol. The number of carbonyl (C=O) groups excluding carboxylic acids is 1. The Morgan fingerprint density at radius 3 is 2.76 bits per heavy atom. The number of carbonyl (C=O) groups is 1. The van der Waals surface area contributed by atoms with Gasteiger partial charge < -0.3 is 10.6 Å². The number of thiophene rings is 1. The molecule has 0 aliphatic rings. The van der Waals surface area contributed by atoms with Crippen LogP contribution >= 0.6 is 11.3 Å². The van der Waals surface area contributed by atoms with E-state index < -0.39 is 5.82 Å². The van der Waals surface area contributed by atoms with Gasteiger partial charge in [-0.15, -0.1) is 11.3 Å². The second-order valence-corrected chi connectivity index (χ2v) is 5.56. The van der Waals surface area contributed by atoms with Crippen LogP contribution in [-0.4, -0.2) is 17.9 Å². The summed E-state index contributed by atoms with van der Waals surface area (Å²) in [6.45, 7) is 0. The van der Waals surface area contributed by atoms with E-state index in [4.69, 9.17) is 5.73 Å². The molecular formula is C15H12FN3OS. The second-order valence-electron chi connectivity index (χ2n) is 4.51. The van der Waals surface area contributed by atoms with Crippen LogP contribution in [0.15, 0.2) is 42.6 Å². The van der Waals surface area contributed by atoms with Crippen molar-refractivity contribution in [2.75, 3.05) is 17.7 Å². The van der Waals surface area contributed by atoms with Gasteiger partial charge in [-0.25, -0.2) is 4.39 Å². The fourth-order valence-electron chi connectivity index (χ4n) is 2.09. The lowest BCUT2D eigenvalue weighted by molar-refractivity contribution is 0.0997. The number of fused-ring (bicyclic) bond motifs is 1. The molecule has 2 aromatic heterocycles. The van der Waals surface area contributed by atoms with Gasteiger partial charge in [0.25, 0.3) is 5.91 Å². The van der Waals surface area contributed by atoms with Gasteiger partial charge in [-0.05, 0) is 24.3 Å². The Labute approximate surface area is 124 Å². The molecule has 106 valence electrons. The molecule has 0 fully saturated rings. The van der Waals surface area contributed by atoms with Crippen LogP contribution in [0.5, 0.6) is 0 Å². The van der Waals surface area contributed by atoms with E-state index in [1.54, 1.807) is 30.5 Å². The van der Waals surface area contributed by atoms with E-state index in [1.165, 1.54) is 29.4 Å². The first kappa shape index (κ1) is 13.5. The van der Waals surface area contributed by atoms with Crippen molar-refractivity contribution in [1.82, 2.24) is 4.98 Å². The smallest absolute Gasteiger partial charge is 0.270 e. The number of nitrogens with zero attached hydrogens (tertiary/aromatic N) is 2. The molecule has 0 atom stereocenters. The van der Waals surface area contributed by atoms with E-state index in [-0.39, 0.29) is 11.6 Å². The van der Waals surface area contributed by atoms with E-state index in [0.717, 1.165) is 4.70 Å². The fourth-order valence-corrected chi connectivity index (χ4v) is 3.15. The lowest BCUT2D eigenvalue weighted by Gasteiger charge is -2.17. The Kier molecular flexibility index (Phi) is 3.31. The maximum atomic E-state index is 13.8. The molecule has 2 N–H and O–H groups in total. The standard InChI is InChI=1S/C15H12FN3OS/c1-19(10-6-3-2-5-9(10)16)15(20)14-12(17)13-11(21-14)7-4-8-18-13/h2-8H,17H2,1H3. The van der Waals surface area contributed by atoms with Gasteiger partial charge in [0, 0.05) is 13.2 Å². The Morgan fingerprint density at radius 2 is 2.05 bits per heavy atom. The third kappa shape index (κ3) is 2.23. The maximum Gasteiger partial charge on any atom is 0.270 e. The van der Waals surface area contributed by atoms with Crippen molar-refractivity contribution in [2.45, 2.75) is 0 Å². The molecule has 21 heavy (non-hydrogen) atoms. The summed E-state index contributed by atoms with van der Waals surface area (Å²) < 4.78 is 14.6. The molecule has 2 heterocycles. The molecule has 0 saturated heterocycles.